The number of para-hydroxylation sites is 1. The first-order valence-electron chi connectivity index (χ1n) is 5.36. The molecule has 0 saturated carbocycles. The minimum absolute atomic E-state index is 0.0149. The standard InChI is InChI=1S/C13H9ClF3NO/c14-11-6-9(13(15,16)17)7-18-12(11)8-19-10-4-2-1-3-5-10/h1-7H,8H2. The average molecular weight is 288 g/mol. The van der Waals surface area contributed by atoms with E-state index < -0.39 is 11.7 Å². The van der Waals surface area contributed by atoms with Crippen molar-refractivity contribution in [1.29, 1.82) is 0 Å². The molecule has 0 unspecified atom stereocenters. The van der Waals surface area contributed by atoms with Gasteiger partial charge in [-0.05, 0) is 18.2 Å². The van der Waals surface area contributed by atoms with Crippen molar-refractivity contribution in [3.05, 3.63) is 58.9 Å². The summed E-state index contributed by atoms with van der Waals surface area (Å²) in [7, 11) is 0. The Balaban J connectivity index is 2.10. The minimum atomic E-state index is -4.45. The number of halogens is 4. The van der Waals surface area contributed by atoms with Crippen LogP contribution >= 0.6 is 11.6 Å². The maximum atomic E-state index is 12.4. The average Bonchev–Trinajstić information content (AvgIpc) is 2.37. The number of ether oxygens (including phenoxy) is 1. The molecule has 100 valence electrons. The van der Waals surface area contributed by atoms with Crippen LogP contribution in [0.3, 0.4) is 0 Å². The normalized spacial score (nSPS) is 11.4. The van der Waals surface area contributed by atoms with E-state index in [1.54, 1.807) is 24.3 Å². The maximum absolute atomic E-state index is 12.4. The number of nitrogens with zero attached hydrogens (tertiary/aromatic N) is 1. The van der Waals surface area contributed by atoms with E-state index in [1.807, 2.05) is 6.07 Å². The summed E-state index contributed by atoms with van der Waals surface area (Å²) in [6.07, 6.45) is -3.70. The molecule has 0 bridgehead atoms. The van der Waals surface area contributed by atoms with E-state index in [-0.39, 0.29) is 17.3 Å². The quantitative estimate of drug-likeness (QED) is 0.838. The first kappa shape index (κ1) is 13.7. The second kappa shape index (κ2) is 5.48. The Morgan fingerprint density at radius 2 is 1.84 bits per heavy atom. The molecule has 2 nitrogen and oxygen atoms in total. The molecule has 19 heavy (non-hydrogen) atoms. The van der Waals surface area contributed by atoms with Crippen molar-refractivity contribution in [2.45, 2.75) is 12.8 Å². The molecule has 1 heterocycles. The molecule has 0 fully saturated rings. The van der Waals surface area contributed by atoms with Gasteiger partial charge in [0.15, 0.2) is 0 Å². The lowest BCUT2D eigenvalue weighted by atomic mass is 10.2. The lowest BCUT2D eigenvalue weighted by Crippen LogP contribution is -2.07. The van der Waals surface area contributed by atoms with Gasteiger partial charge in [0.25, 0.3) is 0 Å². The second-order valence-electron chi connectivity index (χ2n) is 3.75. The van der Waals surface area contributed by atoms with Crippen LogP contribution in [-0.2, 0) is 12.8 Å². The lowest BCUT2D eigenvalue weighted by Gasteiger charge is -2.10. The Kier molecular flexibility index (Phi) is 3.95. The predicted molar refractivity (Wildman–Crippen MR) is 65.0 cm³/mol. The summed E-state index contributed by atoms with van der Waals surface area (Å²) < 4.78 is 42.6. The Labute approximate surface area is 112 Å². The lowest BCUT2D eigenvalue weighted by molar-refractivity contribution is -0.137. The van der Waals surface area contributed by atoms with Crippen LogP contribution in [0.25, 0.3) is 0 Å². The summed E-state index contributed by atoms with van der Waals surface area (Å²) in [6, 6.07) is 9.72. The molecule has 1 aromatic heterocycles. The van der Waals surface area contributed by atoms with E-state index in [1.165, 1.54) is 0 Å². The van der Waals surface area contributed by atoms with Gasteiger partial charge in [0.1, 0.15) is 12.4 Å². The van der Waals surface area contributed by atoms with Crippen molar-refractivity contribution in [3.63, 3.8) is 0 Å². The van der Waals surface area contributed by atoms with E-state index in [0.717, 1.165) is 12.3 Å². The molecular formula is C13H9ClF3NO. The van der Waals surface area contributed by atoms with Gasteiger partial charge in [-0.25, -0.2) is 0 Å². The third-order valence-corrected chi connectivity index (χ3v) is 2.69. The Hall–Kier alpha value is -1.75. The first-order valence-corrected chi connectivity index (χ1v) is 5.74. The summed E-state index contributed by atoms with van der Waals surface area (Å²) in [6.45, 7) is 0.0149. The van der Waals surface area contributed by atoms with Gasteiger partial charge in [-0.15, -0.1) is 0 Å². The van der Waals surface area contributed by atoms with Crippen LogP contribution in [0.15, 0.2) is 42.6 Å². The summed E-state index contributed by atoms with van der Waals surface area (Å²) in [5.74, 6) is 0.597. The van der Waals surface area contributed by atoms with Crippen molar-refractivity contribution < 1.29 is 17.9 Å². The van der Waals surface area contributed by atoms with Gasteiger partial charge in [0, 0.05) is 6.20 Å². The van der Waals surface area contributed by atoms with Gasteiger partial charge >= 0.3 is 6.18 Å². The van der Waals surface area contributed by atoms with Crippen LogP contribution in [0, 0.1) is 0 Å². The van der Waals surface area contributed by atoms with Gasteiger partial charge in [0.2, 0.25) is 0 Å². The van der Waals surface area contributed by atoms with Crippen molar-refractivity contribution >= 4 is 11.6 Å². The van der Waals surface area contributed by atoms with E-state index in [2.05, 4.69) is 4.98 Å². The van der Waals surface area contributed by atoms with Crippen LogP contribution < -0.4 is 4.74 Å². The van der Waals surface area contributed by atoms with Crippen molar-refractivity contribution in [2.24, 2.45) is 0 Å². The number of rotatable bonds is 3. The summed E-state index contributed by atoms with van der Waals surface area (Å²) in [5.41, 5.74) is -0.612. The summed E-state index contributed by atoms with van der Waals surface area (Å²) >= 11 is 5.76. The molecule has 0 aliphatic rings. The maximum Gasteiger partial charge on any atom is 0.417 e. The van der Waals surface area contributed by atoms with Gasteiger partial charge in [0.05, 0.1) is 16.3 Å². The molecule has 0 aliphatic carbocycles. The Morgan fingerprint density at radius 3 is 2.42 bits per heavy atom. The third-order valence-electron chi connectivity index (χ3n) is 2.36. The smallest absolute Gasteiger partial charge is 0.417 e. The number of hydrogen-bond donors (Lipinski definition) is 0. The zero-order valence-corrected chi connectivity index (χ0v) is 10.4. The second-order valence-corrected chi connectivity index (χ2v) is 4.16. The van der Waals surface area contributed by atoms with Gasteiger partial charge in [-0.1, -0.05) is 29.8 Å². The molecule has 0 amide bonds. The number of pyridine rings is 1. The molecule has 0 atom stereocenters. The Bertz CT molecular complexity index is 558. The minimum Gasteiger partial charge on any atom is -0.487 e. The van der Waals surface area contributed by atoms with Crippen LogP contribution in [0.5, 0.6) is 5.75 Å². The van der Waals surface area contributed by atoms with Gasteiger partial charge in [-0.2, -0.15) is 13.2 Å². The molecule has 0 spiro atoms. The van der Waals surface area contributed by atoms with Crippen molar-refractivity contribution in [1.82, 2.24) is 4.98 Å². The number of alkyl halides is 3. The molecule has 6 heteroatoms. The van der Waals surface area contributed by atoms with E-state index in [0.29, 0.717) is 5.75 Å². The summed E-state index contributed by atoms with van der Waals surface area (Å²) in [5, 5.41) is -0.0641. The molecule has 2 aromatic rings. The fourth-order valence-corrected chi connectivity index (χ4v) is 1.62. The number of hydrogen-bond acceptors (Lipinski definition) is 2. The largest absolute Gasteiger partial charge is 0.487 e. The molecule has 0 saturated heterocycles. The first-order chi connectivity index (χ1) is 8.97. The number of aromatic nitrogens is 1. The predicted octanol–water partition coefficient (Wildman–Crippen LogP) is 4.33. The fraction of sp³-hybridized carbons (Fsp3) is 0.154. The van der Waals surface area contributed by atoms with Crippen molar-refractivity contribution in [2.75, 3.05) is 0 Å². The SMILES string of the molecule is FC(F)(F)c1cnc(COc2ccccc2)c(Cl)c1. The van der Waals surface area contributed by atoms with Crippen LogP contribution in [0.1, 0.15) is 11.3 Å². The summed E-state index contributed by atoms with van der Waals surface area (Å²) in [4.78, 5) is 3.68. The highest BCUT2D eigenvalue weighted by molar-refractivity contribution is 6.31. The van der Waals surface area contributed by atoms with Gasteiger partial charge in [-0.3, -0.25) is 4.98 Å². The van der Waals surface area contributed by atoms with E-state index >= 15 is 0 Å². The van der Waals surface area contributed by atoms with Gasteiger partial charge < -0.3 is 4.74 Å². The number of benzene rings is 1. The molecular weight excluding hydrogens is 279 g/mol. The van der Waals surface area contributed by atoms with Crippen molar-refractivity contribution in [3.8, 4) is 5.75 Å². The molecule has 0 radical (unpaired) electrons. The fourth-order valence-electron chi connectivity index (χ4n) is 1.40. The van der Waals surface area contributed by atoms with E-state index in [4.69, 9.17) is 16.3 Å². The van der Waals surface area contributed by atoms with Crippen LogP contribution in [-0.4, -0.2) is 4.98 Å². The van der Waals surface area contributed by atoms with Crippen LogP contribution in [0.4, 0.5) is 13.2 Å². The molecule has 2 rings (SSSR count). The topological polar surface area (TPSA) is 22.1 Å². The zero-order valence-electron chi connectivity index (χ0n) is 9.62. The monoisotopic (exact) mass is 287 g/mol. The Morgan fingerprint density at radius 1 is 1.16 bits per heavy atom. The molecule has 0 N–H and O–H groups in total. The molecule has 1 aromatic carbocycles. The van der Waals surface area contributed by atoms with Crippen LogP contribution in [0.2, 0.25) is 5.02 Å². The zero-order chi connectivity index (χ0) is 13.9. The highest BCUT2D eigenvalue weighted by Gasteiger charge is 2.31. The van der Waals surface area contributed by atoms with E-state index in [9.17, 15) is 13.2 Å². The molecule has 0 aliphatic heterocycles. The third kappa shape index (κ3) is 3.61. The highest BCUT2D eigenvalue weighted by atomic mass is 35.5. The highest BCUT2D eigenvalue weighted by Crippen LogP contribution is 2.31.